The van der Waals surface area contributed by atoms with Crippen molar-refractivity contribution in [2.24, 2.45) is 5.41 Å². The number of hydroxylamine groups is 1. The molecular formula is C27H26N2O4. The van der Waals surface area contributed by atoms with E-state index >= 15 is 0 Å². The summed E-state index contributed by atoms with van der Waals surface area (Å²) < 4.78 is 5.12. The topological polar surface area (TPSA) is 67.9 Å². The Morgan fingerprint density at radius 3 is 2.24 bits per heavy atom. The lowest BCUT2D eigenvalue weighted by molar-refractivity contribution is -0.154. The molecule has 3 aromatic carbocycles. The van der Waals surface area contributed by atoms with E-state index in [4.69, 9.17) is 9.57 Å². The molecule has 5 rings (SSSR count). The summed E-state index contributed by atoms with van der Waals surface area (Å²) in [7, 11) is 1.35. The van der Waals surface area contributed by atoms with Crippen LogP contribution >= 0.6 is 0 Å². The molecule has 4 unspecified atom stereocenters. The monoisotopic (exact) mass is 442 g/mol. The third-order valence-electron chi connectivity index (χ3n) is 6.69. The number of esters is 1. The number of nitrogens with one attached hydrogen (secondary N) is 1. The molecule has 1 aliphatic carbocycles. The fraction of sp³-hybridized carbons (Fsp3) is 0.259. The van der Waals surface area contributed by atoms with Crippen molar-refractivity contribution in [2.45, 2.75) is 31.4 Å². The van der Waals surface area contributed by atoms with Gasteiger partial charge in [-0.25, -0.2) is 9.86 Å². The summed E-state index contributed by atoms with van der Waals surface area (Å²) in [6.07, 6.45) is -0.244. The average molecular weight is 443 g/mol. The number of amides is 1. The van der Waals surface area contributed by atoms with E-state index in [1.165, 1.54) is 7.11 Å². The Balaban J connectivity index is 1.59. The zero-order chi connectivity index (χ0) is 23.0. The van der Waals surface area contributed by atoms with Gasteiger partial charge in [0.2, 0.25) is 5.91 Å². The van der Waals surface area contributed by atoms with Crippen LogP contribution < -0.4 is 10.4 Å². The van der Waals surface area contributed by atoms with Gasteiger partial charge < -0.3 is 10.1 Å². The normalized spacial score (nSPS) is 25.6. The largest absolute Gasteiger partial charge is 0.467 e. The van der Waals surface area contributed by atoms with Crippen LogP contribution in [0, 0.1) is 12.3 Å². The Bertz CT molecular complexity index is 1150. The summed E-state index contributed by atoms with van der Waals surface area (Å²) >= 11 is 0. The molecule has 1 saturated heterocycles. The van der Waals surface area contributed by atoms with Gasteiger partial charge in [-0.2, -0.15) is 0 Å². The van der Waals surface area contributed by atoms with Gasteiger partial charge in [0.1, 0.15) is 6.04 Å². The summed E-state index contributed by atoms with van der Waals surface area (Å²) in [6, 6.07) is 26.3. The quantitative estimate of drug-likeness (QED) is 0.591. The van der Waals surface area contributed by atoms with Crippen LogP contribution in [0.1, 0.15) is 23.5 Å². The van der Waals surface area contributed by atoms with E-state index in [0.29, 0.717) is 12.1 Å². The second-order valence-corrected chi connectivity index (χ2v) is 8.71. The first-order valence-electron chi connectivity index (χ1n) is 11.1. The van der Waals surface area contributed by atoms with Gasteiger partial charge in [0.25, 0.3) is 0 Å². The molecule has 168 valence electrons. The molecule has 33 heavy (non-hydrogen) atoms. The fourth-order valence-corrected chi connectivity index (χ4v) is 4.99. The lowest BCUT2D eigenvalue weighted by Gasteiger charge is -2.27. The van der Waals surface area contributed by atoms with E-state index in [2.05, 4.69) is 5.32 Å². The third-order valence-corrected chi connectivity index (χ3v) is 6.69. The number of carbonyl (C=O) groups excluding carboxylic acids is 2. The molecule has 0 bridgehead atoms. The highest BCUT2D eigenvalue weighted by Gasteiger charge is 2.74. The Morgan fingerprint density at radius 1 is 0.970 bits per heavy atom. The van der Waals surface area contributed by atoms with Crippen molar-refractivity contribution in [2.75, 3.05) is 17.5 Å². The van der Waals surface area contributed by atoms with Crippen LogP contribution in [-0.4, -0.2) is 31.1 Å². The van der Waals surface area contributed by atoms with Crippen molar-refractivity contribution in [3.05, 3.63) is 96.1 Å². The van der Waals surface area contributed by atoms with E-state index in [1.807, 2.05) is 91.9 Å². The summed E-state index contributed by atoms with van der Waals surface area (Å²) in [5.74, 6) is -0.697. The molecule has 1 heterocycles. The van der Waals surface area contributed by atoms with Crippen LogP contribution in [0.3, 0.4) is 0 Å². The first-order valence-corrected chi connectivity index (χ1v) is 11.1. The number of aryl methyl sites for hydroxylation is 1. The minimum Gasteiger partial charge on any atom is -0.467 e. The molecule has 1 aliphatic heterocycles. The summed E-state index contributed by atoms with van der Waals surface area (Å²) in [6.45, 7) is 2.00. The molecule has 4 atom stereocenters. The highest BCUT2D eigenvalue weighted by molar-refractivity contribution is 5.99. The van der Waals surface area contributed by atoms with Gasteiger partial charge in [0.05, 0.1) is 12.8 Å². The highest BCUT2D eigenvalue weighted by atomic mass is 16.7. The second kappa shape index (κ2) is 8.37. The molecule has 3 aromatic rings. The fourth-order valence-electron chi connectivity index (χ4n) is 4.99. The minimum atomic E-state index is -0.888. The minimum absolute atomic E-state index is 0.00947. The van der Waals surface area contributed by atoms with E-state index in [-0.39, 0.29) is 11.8 Å². The number of rotatable bonds is 5. The van der Waals surface area contributed by atoms with Gasteiger partial charge >= 0.3 is 5.97 Å². The summed E-state index contributed by atoms with van der Waals surface area (Å²) in [5, 5.41) is 4.63. The van der Waals surface area contributed by atoms with Gasteiger partial charge in [-0.05, 0) is 49.1 Å². The Labute approximate surface area is 193 Å². The molecule has 0 aromatic heterocycles. The smallest absolute Gasteiger partial charge is 0.338 e. The zero-order valence-corrected chi connectivity index (χ0v) is 18.6. The maximum Gasteiger partial charge on any atom is 0.338 e. The number of ether oxygens (including phenoxy) is 1. The van der Waals surface area contributed by atoms with Crippen molar-refractivity contribution in [3.8, 4) is 0 Å². The lowest BCUT2D eigenvalue weighted by atomic mass is 9.85. The molecule has 0 radical (unpaired) electrons. The van der Waals surface area contributed by atoms with Gasteiger partial charge in [0, 0.05) is 11.1 Å². The highest BCUT2D eigenvalue weighted by Crippen LogP contribution is 2.68. The van der Waals surface area contributed by atoms with Crippen LogP contribution in [0.4, 0.5) is 11.4 Å². The van der Waals surface area contributed by atoms with Crippen molar-refractivity contribution in [1.29, 1.82) is 0 Å². The number of hydrogen-bond donors (Lipinski definition) is 1. The molecule has 1 spiro atoms. The Morgan fingerprint density at radius 2 is 1.61 bits per heavy atom. The van der Waals surface area contributed by atoms with E-state index in [1.54, 1.807) is 5.06 Å². The number of hydrogen-bond acceptors (Lipinski definition) is 5. The molecule has 1 N–H and O–H groups in total. The molecule has 1 saturated carbocycles. The number of nitrogens with zero attached hydrogens (tertiary/aromatic N) is 1. The van der Waals surface area contributed by atoms with Gasteiger partial charge in [-0.3, -0.25) is 9.63 Å². The molecule has 6 heteroatoms. The molecular weight excluding hydrogens is 416 g/mol. The average Bonchev–Trinajstić information content (AvgIpc) is 3.48. The number of carbonyl (C=O) groups is 2. The van der Waals surface area contributed by atoms with Gasteiger partial charge in [0.15, 0.2) is 6.10 Å². The maximum atomic E-state index is 13.8. The Hall–Kier alpha value is -3.64. The molecule has 2 fully saturated rings. The van der Waals surface area contributed by atoms with E-state index < -0.39 is 23.5 Å². The lowest BCUT2D eigenvalue weighted by Crippen LogP contribution is -2.45. The standard InChI is InChI=1S/C27H26N2O4/c1-18-13-15-21(16-14-18)29-23(25(30)28-20-11-7-4-8-12-20)27(24(33-29)26(31)32-2)17-22(27)19-9-5-3-6-10-19/h3-16,22-24H,17H2,1-2H3,(H,28,30). The van der Waals surface area contributed by atoms with Crippen molar-refractivity contribution in [1.82, 2.24) is 0 Å². The van der Waals surface area contributed by atoms with Gasteiger partial charge in [-0.15, -0.1) is 0 Å². The number of para-hydroxylation sites is 1. The van der Waals surface area contributed by atoms with Crippen LogP contribution in [0.2, 0.25) is 0 Å². The van der Waals surface area contributed by atoms with Crippen molar-refractivity contribution >= 4 is 23.3 Å². The first kappa shape index (κ1) is 21.2. The molecule has 2 aliphatic rings. The number of anilines is 2. The van der Waals surface area contributed by atoms with E-state index in [0.717, 1.165) is 16.8 Å². The molecule has 6 nitrogen and oxygen atoms in total. The number of methoxy groups -OCH3 is 1. The third kappa shape index (κ3) is 3.66. The summed E-state index contributed by atoms with van der Waals surface area (Å²) in [4.78, 5) is 32.9. The number of benzene rings is 3. The molecule has 1 amide bonds. The summed E-state index contributed by atoms with van der Waals surface area (Å²) in [5.41, 5.74) is 2.85. The maximum absolute atomic E-state index is 13.8. The van der Waals surface area contributed by atoms with E-state index in [9.17, 15) is 9.59 Å². The Kier molecular flexibility index (Phi) is 5.38. The first-order chi connectivity index (χ1) is 16.0. The van der Waals surface area contributed by atoms with Crippen LogP contribution in [0.25, 0.3) is 0 Å². The van der Waals surface area contributed by atoms with Crippen LogP contribution in [0.5, 0.6) is 0 Å². The van der Waals surface area contributed by atoms with Crippen LogP contribution in [0.15, 0.2) is 84.9 Å². The van der Waals surface area contributed by atoms with Crippen molar-refractivity contribution < 1.29 is 19.2 Å². The SMILES string of the molecule is COC(=O)C1ON(c2ccc(C)cc2)C(C(=O)Nc2ccccc2)C12CC2c1ccccc1. The predicted molar refractivity (Wildman–Crippen MR) is 126 cm³/mol. The van der Waals surface area contributed by atoms with Crippen molar-refractivity contribution in [3.63, 3.8) is 0 Å². The van der Waals surface area contributed by atoms with Gasteiger partial charge in [-0.1, -0.05) is 66.2 Å². The second-order valence-electron chi connectivity index (χ2n) is 8.71. The zero-order valence-electron chi connectivity index (χ0n) is 18.6. The predicted octanol–water partition coefficient (Wildman–Crippen LogP) is 4.47. The van der Waals surface area contributed by atoms with Crippen LogP contribution in [-0.2, 0) is 19.2 Å².